The molecule has 0 bridgehead atoms. The average Bonchev–Trinajstić information content (AvgIpc) is 3.14. The molecule has 0 aromatic heterocycles. The van der Waals surface area contributed by atoms with Crippen molar-refractivity contribution in [3.63, 3.8) is 0 Å². The van der Waals surface area contributed by atoms with Crippen molar-refractivity contribution in [1.29, 1.82) is 0 Å². The van der Waals surface area contributed by atoms with E-state index in [1.54, 1.807) is 47.6 Å². The van der Waals surface area contributed by atoms with Gasteiger partial charge in [-0.05, 0) is 79.2 Å². The number of amides is 1. The zero-order chi connectivity index (χ0) is 29.7. The van der Waals surface area contributed by atoms with Crippen LogP contribution in [0.3, 0.4) is 0 Å². The molecule has 40 heavy (non-hydrogen) atoms. The van der Waals surface area contributed by atoms with Crippen LogP contribution in [0, 0.1) is 22.7 Å². The number of phosphoric ester groups is 1. The molecule has 1 aromatic rings. The highest BCUT2D eigenvalue weighted by Gasteiger charge is 2.68. The van der Waals surface area contributed by atoms with E-state index in [2.05, 4.69) is 33.0 Å². The summed E-state index contributed by atoms with van der Waals surface area (Å²) in [4.78, 5) is 26.1. The monoisotopic (exact) mass is 575 g/mol. The Morgan fingerprint density at radius 2 is 1.62 bits per heavy atom. The SMILES string of the molecule is C[C@H]1CC[C@H]2C(C)(C)C(=O)CC[C@]23Oc2c(c(OP(=O)(OC(C)(C)C)OC(C)(C)C)cc4c2CNC4=O)C[C@]13C. The lowest BCUT2D eigenvalue weighted by Crippen LogP contribution is -2.69. The Morgan fingerprint density at radius 3 is 2.23 bits per heavy atom. The summed E-state index contributed by atoms with van der Waals surface area (Å²) in [6.07, 6.45) is 3.60. The van der Waals surface area contributed by atoms with Gasteiger partial charge in [-0.2, -0.15) is 0 Å². The molecule has 2 fully saturated rings. The van der Waals surface area contributed by atoms with E-state index in [-0.39, 0.29) is 23.0 Å². The molecule has 0 radical (unpaired) electrons. The van der Waals surface area contributed by atoms with Crippen molar-refractivity contribution in [1.82, 2.24) is 5.32 Å². The molecule has 0 saturated heterocycles. The lowest BCUT2D eigenvalue weighted by molar-refractivity contribution is -0.208. The van der Waals surface area contributed by atoms with Crippen LogP contribution >= 0.6 is 7.82 Å². The number of rotatable bonds is 4. The van der Waals surface area contributed by atoms with Gasteiger partial charge in [-0.3, -0.25) is 18.6 Å². The number of ketones is 1. The minimum Gasteiger partial charge on any atom is -0.486 e. The summed E-state index contributed by atoms with van der Waals surface area (Å²) in [5, 5.41) is 2.92. The van der Waals surface area contributed by atoms with Gasteiger partial charge in [0.15, 0.2) is 0 Å². The molecule has 5 rings (SSSR count). The predicted octanol–water partition coefficient (Wildman–Crippen LogP) is 7.16. The summed E-state index contributed by atoms with van der Waals surface area (Å²) in [5.41, 5.74) is -1.01. The molecule has 1 spiro atoms. The first-order valence-electron chi connectivity index (χ1n) is 14.6. The molecule has 9 heteroatoms. The van der Waals surface area contributed by atoms with E-state index in [1.165, 1.54) is 0 Å². The summed E-state index contributed by atoms with van der Waals surface area (Å²) >= 11 is 0. The number of Topliss-reactive ketones (excluding diaryl/α,β-unsaturated/α-hetero) is 1. The van der Waals surface area contributed by atoms with Crippen molar-refractivity contribution in [2.45, 2.75) is 125 Å². The van der Waals surface area contributed by atoms with Gasteiger partial charge in [0.2, 0.25) is 0 Å². The average molecular weight is 576 g/mol. The molecule has 2 aliphatic heterocycles. The van der Waals surface area contributed by atoms with Crippen molar-refractivity contribution in [2.75, 3.05) is 0 Å². The number of hydrogen-bond donors (Lipinski definition) is 1. The van der Waals surface area contributed by atoms with Crippen molar-refractivity contribution in [3.8, 4) is 11.5 Å². The molecule has 4 atom stereocenters. The van der Waals surface area contributed by atoms with E-state index < -0.39 is 30.0 Å². The third-order valence-electron chi connectivity index (χ3n) is 9.75. The second-order valence-corrected chi connectivity index (χ2v) is 16.5. The lowest BCUT2D eigenvalue weighted by atomic mass is 9.44. The zero-order valence-corrected chi connectivity index (χ0v) is 26.7. The minimum absolute atomic E-state index is 0.0421. The van der Waals surface area contributed by atoms with Gasteiger partial charge in [0.1, 0.15) is 22.9 Å². The maximum atomic E-state index is 14.2. The van der Waals surface area contributed by atoms with Crippen LogP contribution in [0.5, 0.6) is 11.5 Å². The third-order valence-corrected chi connectivity index (χ3v) is 11.7. The molecular weight excluding hydrogens is 529 g/mol. The fourth-order valence-corrected chi connectivity index (χ4v) is 9.55. The first kappa shape index (κ1) is 29.6. The summed E-state index contributed by atoms with van der Waals surface area (Å²) in [5.74, 6) is 1.32. The molecule has 2 heterocycles. The van der Waals surface area contributed by atoms with E-state index >= 15 is 0 Å². The highest BCUT2D eigenvalue weighted by Crippen LogP contribution is 2.67. The van der Waals surface area contributed by atoms with Gasteiger partial charge in [0, 0.05) is 40.8 Å². The Morgan fingerprint density at radius 1 is 1.00 bits per heavy atom. The summed E-state index contributed by atoms with van der Waals surface area (Å²) in [6.45, 7) is 19.8. The Hall–Kier alpha value is -1.89. The van der Waals surface area contributed by atoms with Crippen LogP contribution in [0.1, 0.15) is 116 Å². The lowest BCUT2D eigenvalue weighted by Gasteiger charge is -2.65. The quantitative estimate of drug-likeness (QED) is 0.380. The van der Waals surface area contributed by atoms with E-state index in [0.29, 0.717) is 48.8 Å². The fraction of sp³-hybridized carbons (Fsp3) is 0.742. The fourth-order valence-electron chi connectivity index (χ4n) is 7.70. The first-order chi connectivity index (χ1) is 18.2. The Labute approximate surface area is 238 Å². The maximum absolute atomic E-state index is 14.2. The van der Waals surface area contributed by atoms with Gasteiger partial charge < -0.3 is 14.6 Å². The standard InChI is InChI=1S/C31H46NO7P/c1-18-11-12-23-29(8,9)24(33)13-14-31(23)30(18,10)16-20-22(15-19-21(25(20)36-31)17-32-26(19)34)37-40(35,38-27(2,3)4)39-28(5,6)7/h15,18,23H,11-14,16-17H2,1-10H3,(H,32,34)/t18-,23-,30+,31-/m0/s1. The van der Waals surface area contributed by atoms with Crippen LogP contribution in [0.25, 0.3) is 0 Å². The van der Waals surface area contributed by atoms with Crippen molar-refractivity contribution in [2.24, 2.45) is 22.7 Å². The van der Waals surface area contributed by atoms with Crippen LogP contribution in [-0.4, -0.2) is 28.5 Å². The van der Waals surface area contributed by atoms with Gasteiger partial charge in [-0.15, -0.1) is 0 Å². The molecule has 222 valence electrons. The van der Waals surface area contributed by atoms with E-state index in [1.807, 2.05) is 0 Å². The summed E-state index contributed by atoms with van der Waals surface area (Å²) in [7, 11) is -4.14. The van der Waals surface area contributed by atoms with Crippen LogP contribution in [0.2, 0.25) is 0 Å². The molecule has 0 unspecified atom stereocenters. The van der Waals surface area contributed by atoms with Gasteiger partial charge in [-0.25, -0.2) is 4.57 Å². The van der Waals surface area contributed by atoms with Gasteiger partial charge in [0.05, 0.1) is 16.8 Å². The molecule has 2 saturated carbocycles. The predicted molar refractivity (Wildman–Crippen MR) is 153 cm³/mol. The van der Waals surface area contributed by atoms with Gasteiger partial charge >= 0.3 is 7.82 Å². The van der Waals surface area contributed by atoms with Crippen molar-refractivity contribution in [3.05, 3.63) is 22.8 Å². The first-order valence-corrected chi connectivity index (χ1v) is 16.1. The molecule has 8 nitrogen and oxygen atoms in total. The zero-order valence-electron chi connectivity index (χ0n) is 25.8. The highest BCUT2D eigenvalue weighted by atomic mass is 31.2. The smallest absolute Gasteiger partial charge is 0.486 e. The maximum Gasteiger partial charge on any atom is 0.531 e. The van der Waals surface area contributed by atoms with E-state index in [9.17, 15) is 14.2 Å². The second kappa shape index (κ2) is 9.05. The van der Waals surface area contributed by atoms with Crippen LogP contribution in [0.4, 0.5) is 0 Å². The van der Waals surface area contributed by atoms with Crippen LogP contribution in [-0.2, 0) is 31.4 Å². The van der Waals surface area contributed by atoms with E-state index in [4.69, 9.17) is 18.3 Å². The number of phosphoric acid groups is 1. The molecule has 1 amide bonds. The number of carbonyl (C=O) groups is 2. The molecule has 2 aliphatic carbocycles. The second-order valence-electron chi connectivity index (χ2n) is 15.1. The number of hydrogen-bond acceptors (Lipinski definition) is 7. The van der Waals surface area contributed by atoms with Crippen LogP contribution < -0.4 is 14.6 Å². The molecule has 1 aromatic carbocycles. The number of nitrogens with one attached hydrogen (secondary N) is 1. The van der Waals surface area contributed by atoms with E-state index in [0.717, 1.165) is 24.0 Å². The van der Waals surface area contributed by atoms with Gasteiger partial charge in [-0.1, -0.05) is 27.7 Å². The number of fused-ring (bicyclic) bond motifs is 3. The largest absolute Gasteiger partial charge is 0.531 e. The topological polar surface area (TPSA) is 100 Å². The number of carbonyl (C=O) groups excluding carboxylic acids is 2. The molecular formula is C31H46NO7P. The van der Waals surface area contributed by atoms with Crippen LogP contribution in [0.15, 0.2) is 6.07 Å². The van der Waals surface area contributed by atoms with Crippen molar-refractivity contribution >= 4 is 19.5 Å². The van der Waals surface area contributed by atoms with Gasteiger partial charge in [0.25, 0.3) is 5.91 Å². The Kier molecular flexibility index (Phi) is 6.70. The van der Waals surface area contributed by atoms with Crippen molar-refractivity contribution < 1.29 is 32.5 Å². The molecule has 4 aliphatic rings. The molecule has 1 N–H and O–H groups in total. The minimum atomic E-state index is -4.14. The Bertz CT molecular complexity index is 1290. The summed E-state index contributed by atoms with van der Waals surface area (Å²) in [6, 6.07) is 1.67. The Balaban J connectivity index is 1.69. The normalized spacial score (nSPS) is 31.4. The number of benzene rings is 1. The number of ether oxygens (including phenoxy) is 1. The highest BCUT2D eigenvalue weighted by molar-refractivity contribution is 7.49. The summed E-state index contributed by atoms with van der Waals surface area (Å²) < 4.78 is 39.6. The third kappa shape index (κ3) is 4.62.